The topological polar surface area (TPSA) is 108 Å². The lowest BCUT2D eigenvalue weighted by molar-refractivity contribution is -0.136. The molecule has 0 fully saturated rings. The highest BCUT2D eigenvalue weighted by Gasteiger charge is 2.23. The number of methoxy groups -OCH3 is 1. The van der Waals surface area contributed by atoms with Crippen LogP contribution in [0.15, 0.2) is 39.0 Å². The summed E-state index contributed by atoms with van der Waals surface area (Å²) in [5.41, 5.74) is 0.609. The molecule has 0 radical (unpaired) electrons. The second-order valence-electron chi connectivity index (χ2n) is 6.62. The average molecular weight is 418 g/mol. The molecule has 0 bridgehead atoms. The molecule has 1 aromatic carbocycles. The van der Waals surface area contributed by atoms with Gasteiger partial charge in [-0.15, -0.1) is 0 Å². The summed E-state index contributed by atoms with van der Waals surface area (Å²) in [5.74, 6) is -0.234. The molecule has 1 N–H and O–H groups in total. The molecule has 29 heavy (non-hydrogen) atoms. The van der Waals surface area contributed by atoms with Crippen molar-refractivity contribution >= 4 is 28.9 Å². The number of benzene rings is 1. The van der Waals surface area contributed by atoms with Gasteiger partial charge in [0.2, 0.25) is 0 Å². The van der Waals surface area contributed by atoms with Crippen molar-refractivity contribution in [3.8, 4) is 5.75 Å². The molecular weight excluding hydrogens is 396 g/mol. The molecule has 154 valence electrons. The van der Waals surface area contributed by atoms with Crippen LogP contribution in [0.4, 0.5) is 0 Å². The van der Waals surface area contributed by atoms with Crippen molar-refractivity contribution in [3.63, 3.8) is 0 Å². The predicted molar refractivity (Wildman–Crippen MR) is 110 cm³/mol. The van der Waals surface area contributed by atoms with Crippen LogP contribution < -0.4 is 16.0 Å². The molecular formula is C19H22N4O5S. The standard InChI is InChI=1S/C19H22N4O5S/c1-11(17(25)26)29-18-20-15-14(16(24)22(3)19(27)21(15)2)23(18)10-9-12-5-7-13(28-4)8-6-12/h5-8,11H,9-10H2,1-4H3,(H,25,26)/t11-/m0/s1. The fraction of sp³-hybridized carbons (Fsp3) is 0.368. The van der Waals surface area contributed by atoms with Crippen molar-refractivity contribution in [1.82, 2.24) is 18.7 Å². The van der Waals surface area contributed by atoms with Gasteiger partial charge in [-0.1, -0.05) is 23.9 Å². The van der Waals surface area contributed by atoms with E-state index in [1.165, 1.54) is 11.6 Å². The number of aliphatic carboxylic acids is 1. The lowest BCUT2D eigenvalue weighted by atomic mass is 10.1. The second-order valence-corrected chi connectivity index (χ2v) is 7.93. The highest BCUT2D eigenvalue weighted by molar-refractivity contribution is 8.00. The number of nitrogens with zero attached hydrogens (tertiary/aromatic N) is 4. The molecule has 3 aromatic rings. The Morgan fingerprint density at radius 1 is 1.21 bits per heavy atom. The van der Waals surface area contributed by atoms with Crippen LogP contribution in [0.25, 0.3) is 11.2 Å². The first-order valence-corrected chi connectivity index (χ1v) is 9.81. The van der Waals surface area contributed by atoms with Crippen LogP contribution in [-0.2, 0) is 31.9 Å². The molecule has 0 aliphatic heterocycles. The molecule has 0 unspecified atom stereocenters. The summed E-state index contributed by atoms with van der Waals surface area (Å²) >= 11 is 1.04. The summed E-state index contributed by atoms with van der Waals surface area (Å²) in [4.78, 5) is 40.8. The largest absolute Gasteiger partial charge is 0.497 e. The van der Waals surface area contributed by atoms with Gasteiger partial charge in [0, 0.05) is 20.6 Å². The van der Waals surface area contributed by atoms with Crippen molar-refractivity contribution in [2.24, 2.45) is 14.1 Å². The number of hydrogen-bond acceptors (Lipinski definition) is 6. The maximum atomic E-state index is 12.8. The summed E-state index contributed by atoms with van der Waals surface area (Å²) in [5, 5.41) is 8.91. The van der Waals surface area contributed by atoms with Gasteiger partial charge in [-0.05, 0) is 31.0 Å². The predicted octanol–water partition coefficient (Wildman–Crippen LogP) is 1.25. The molecule has 1 atom stereocenters. The molecule has 2 heterocycles. The minimum atomic E-state index is -0.981. The monoisotopic (exact) mass is 418 g/mol. The minimum absolute atomic E-state index is 0.243. The van der Waals surface area contributed by atoms with Gasteiger partial charge in [0.25, 0.3) is 5.56 Å². The van der Waals surface area contributed by atoms with Gasteiger partial charge < -0.3 is 14.4 Å². The van der Waals surface area contributed by atoms with Crippen molar-refractivity contribution in [3.05, 3.63) is 50.7 Å². The van der Waals surface area contributed by atoms with E-state index in [0.29, 0.717) is 18.1 Å². The van der Waals surface area contributed by atoms with Crippen LogP contribution in [0.3, 0.4) is 0 Å². The van der Waals surface area contributed by atoms with Crippen molar-refractivity contribution < 1.29 is 14.6 Å². The number of hydrogen-bond donors (Lipinski definition) is 1. The van der Waals surface area contributed by atoms with Crippen LogP contribution >= 0.6 is 11.8 Å². The normalized spacial score (nSPS) is 12.3. The van der Waals surface area contributed by atoms with Crippen LogP contribution in [0, 0.1) is 0 Å². The molecule has 10 heteroatoms. The number of imidazole rings is 1. The lowest BCUT2D eigenvalue weighted by Crippen LogP contribution is -2.37. The van der Waals surface area contributed by atoms with Gasteiger partial charge in [-0.2, -0.15) is 0 Å². The Morgan fingerprint density at radius 3 is 2.45 bits per heavy atom. The van der Waals surface area contributed by atoms with Crippen LogP contribution in [0.5, 0.6) is 5.75 Å². The van der Waals surface area contributed by atoms with Gasteiger partial charge in [0.15, 0.2) is 16.3 Å². The fourth-order valence-electron chi connectivity index (χ4n) is 2.97. The van der Waals surface area contributed by atoms with E-state index in [1.807, 2.05) is 24.3 Å². The quantitative estimate of drug-likeness (QED) is 0.575. The van der Waals surface area contributed by atoms with Crippen LogP contribution in [-0.4, -0.2) is 42.1 Å². The van der Waals surface area contributed by atoms with Crippen LogP contribution in [0.1, 0.15) is 12.5 Å². The Morgan fingerprint density at radius 2 is 1.86 bits per heavy atom. The molecule has 2 aromatic heterocycles. The molecule has 0 spiro atoms. The van der Waals surface area contributed by atoms with Gasteiger partial charge in [0.1, 0.15) is 11.0 Å². The first-order chi connectivity index (χ1) is 13.7. The number of rotatable bonds is 7. The third-order valence-corrected chi connectivity index (χ3v) is 5.80. The highest BCUT2D eigenvalue weighted by Crippen LogP contribution is 2.26. The summed E-state index contributed by atoms with van der Waals surface area (Å²) < 4.78 is 9.20. The number of carboxylic acid groups (broad SMARTS) is 1. The van der Waals surface area contributed by atoms with Gasteiger partial charge in [0.05, 0.1) is 7.11 Å². The Kier molecular flexibility index (Phi) is 5.83. The van der Waals surface area contributed by atoms with E-state index in [0.717, 1.165) is 27.6 Å². The summed E-state index contributed by atoms with van der Waals surface area (Å²) in [7, 11) is 4.55. The SMILES string of the molecule is COc1ccc(CCn2c(S[C@@H](C)C(=O)O)nc3c2c(=O)n(C)c(=O)n3C)cc1. The summed E-state index contributed by atoms with van der Waals surface area (Å²) in [6.07, 6.45) is 0.594. The zero-order chi connectivity index (χ0) is 21.3. The molecule has 0 saturated carbocycles. The summed E-state index contributed by atoms with van der Waals surface area (Å²) in [6, 6.07) is 7.56. The average Bonchev–Trinajstić information content (AvgIpc) is 3.07. The third kappa shape index (κ3) is 3.93. The zero-order valence-corrected chi connectivity index (χ0v) is 17.4. The first kappa shape index (κ1) is 20.7. The zero-order valence-electron chi connectivity index (χ0n) is 16.6. The Hall–Kier alpha value is -3.01. The highest BCUT2D eigenvalue weighted by atomic mass is 32.2. The van der Waals surface area contributed by atoms with E-state index in [9.17, 15) is 19.5 Å². The number of carboxylic acids is 1. The third-order valence-electron chi connectivity index (χ3n) is 4.73. The molecule has 0 saturated heterocycles. The number of aromatic nitrogens is 4. The molecule has 0 aliphatic rings. The Labute approximate surface area is 170 Å². The smallest absolute Gasteiger partial charge is 0.332 e. The molecule has 0 aliphatic carbocycles. The number of ether oxygens (including phenoxy) is 1. The van der Waals surface area contributed by atoms with E-state index in [-0.39, 0.29) is 11.2 Å². The maximum Gasteiger partial charge on any atom is 0.332 e. The fourth-order valence-corrected chi connectivity index (χ4v) is 3.83. The van der Waals surface area contributed by atoms with Crippen molar-refractivity contribution in [1.29, 1.82) is 0 Å². The van der Waals surface area contributed by atoms with E-state index >= 15 is 0 Å². The van der Waals surface area contributed by atoms with Gasteiger partial charge in [-0.25, -0.2) is 9.78 Å². The number of fused-ring (bicyclic) bond motifs is 1. The second kappa shape index (κ2) is 8.16. The van der Waals surface area contributed by atoms with Crippen molar-refractivity contribution in [2.45, 2.75) is 30.3 Å². The maximum absolute atomic E-state index is 12.8. The summed E-state index contributed by atoms with van der Waals surface area (Å²) in [6.45, 7) is 1.96. The molecule has 0 amide bonds. The number of carbonyl (C=O) groups is 1. The lowest BCUT2D eigenvalue weighted by Gasteiger charge is -2.11. The molecule has 9 nitrogen and oxygen atoms in total. The van der Waals surface area contributed by atoms with E-state index in [2.05, 4.69) is 4.98 Å². The molecule has 3 rings (SSSR count). The Balaban J connectivity index is 2.09. The van der Waals surface area contributed by atoms with E-state index in [1.54, 1.807) is 25.6 Å². The van der Waals surface area contributed by atoms with Gasteiger partial charge in [-0.3, -0.25) is 18.7 Å². The minimum Gasteiger partial charge on any atom is -0.497 e. The van der Waals surface area contributed by atoms with E-state index in [4.69, 9.17) is 4.74 Å². The Bertz CT molecular complexity index is 1180. The number of thioether (sulfide) groups is 1. The van der Waals surface area contributed by atoms with E-state index < -0.39 is 22.5 Å². The number of aryl methyl sites for hydroxylation is 3. The van der Waals surface area contributed by atoms with Crippen LogP contribution in [0.2, 0.25) is 0 Å². The first-order valence-electron chi connectivity index (χ1n) is 8.93. The van der Waals surface area contributed by atoms with Crippen molar-refractivity contribution in [2.75, 3.05) is 7.11 Å². The van der Waals surface area contributed by atoms with Gasteiger partial charge >= 0.3 is 11.7 Å².